The van der Waals surface area contributed by atoms with E-state index in [4.69, 9.17) is 4.74 Å². The standard InChI is InChI=1S/C14H21IN4O/c1-2-5-16-13-11(15)7-17-14(18-13)12-8-19-6-3-4-10(19)9-20-12/h7,10,12H,2-6,8-9H2,1H3,(H,16,17,18). The third kappa shape index (κ3) is 3.07. The quantitative estimate of drug-likeness (QED) is 0.804. The van der Waals surface area contributed by atoms with Crippen molar-refractivity contribution in [1.82, 2.24) is 14.9 Å². The molecule has 1 aromatic heterocycles. The first-order valence-corrected chi connectivity index (χ1v) is 8.47. The summed E-state index contributed by atoms with van der Waals surface area (Å²) in [6, 6.07) is 0.618. The van der Waals surface area contributed by atoms with Crippen LogP contribution < -0.4 is 5.32 Å². The summed E-state index contributed by atoms with van der Waals surface area (Å²) in [4.78, 5) is 11.7. The summed E-state index contributed by atoms with van der Waals surface area (Å²) in [5.74, 6) is 1.75. The zero-order valence-electron chi connectivity index (χ0n) is 11.8. The van der Waals surface area contributed by atoms with E-state index in [2.05, 4.69) is 49.7 Å². The van der Waals surface area contributed by atoms with Crippen molar-refractivity contribution in [3.05, 3.63) is 15.6 Å². The Bertz CT molecular complexity index is 470. The lowest BCUT2D eigenvalue weighted by Gasteiger charge is -2.34. The van der Waals surface area contributed by atoms with E-state index >= 15 is 0 Å². The SMILES string of the molecule is CCCNc1nc(C2CN3CCCC3CO2)ncc1I. The molecule has 6 heteroatoms. The molecule has 3 heterocycles. The molecule has 2 saturated heterocycles. The van der Waals surface area contributed by atoms with Gasteiger partial charge in [-0.15, -0.1) is 0 Å². The monoisotopic (exact) mass is 388 g/mol. The highest BCUT2D eigenvalue weighted by atomic mass is 127. The summed E-state index contributed by atoms with van der Waals surface area (Å²) in [7, 11) is 0. The Morgan fingerprint density at radius 3 is 3.30 bits per heavy atom. The van der Waals surface area contributed by atoms with E-state index in [0.29, 0.717) is 6.04 Å². The number of halogens is 1. The smallest absolute Gasteiger partial charge is 0.160 e. The molecular weight excluding hydrogens is 367 g/mol. The summed E-state index contributed by atoms with van der Waals surface area (Å²) in [5, 5.41) is 3.36. The highest BCUT2D eigenvalue weighted by Crippen LogP contribution is 2.29. The number of fused-ring (bicyclic) bond motifs is 1. The van der Waals surface area contributed by atoms with Gasteiger partial charge in [-0.3, -0.25) is 4.90 Å². The second-order valence-electron chi connectivity index (χ2n) is 5.46. The number of rotatable bonds is 4. The van der Waals surface area contributed by atoms with Gasteiger partial charge in [0.15, 0.2) is 5.82 Å². The van der Waals surface area contributed by atoms with Crippen LogP contribution in [0.2, 0.25) is 0 Å². The number of aromatic nitrogens is 2. The summed E-state index contributed by atoms with van der Waals surface area (Å²) in [6.45, 7) is 6.03. The maximum Gasteiger partial charge on any atom is 0.160 e. The van der Waals surface area contributed by atoms with Crippen LogP contribution in [0, 0.1) is 3.57 Å². The molecule has 2 unspecified atom stereocenters. The number of nitrogens with one attached hydrogen (secondary N) is 1. The lowest BCUT2D eigenvalue weighted by Crippen LogP contribution is -2.42. The third-order valence-electron chi connectivity index (χ3n) is 3.98. The van der Waals surface area contributed by atoms with Crippen LogP contribution in [0.5, 0.6) is 0 Å². The highest BCUT2D eigenvalue weighted by molar-refractivity contribution is 14.1. The summed E-state index contributed by atoms with van der Waals surface area (Å²) < 4.78 is 7.04. The van der Waals surface area contributed by atoms with Crippen molar-refractivity contribution < 1.29 is 4.74 Å². The Morgan fingerprint density at radius 2 is 2.45 bits per heavy atom. The average Bonchev–Trinajstić information content (AvgIpc) is 2.94. The number of morpholine rings is 1. The first-order valence-electron chi connectivity index (χ1n) is 7.40. The number of ether oxygens (including phenoxy) is 1. The molecule has 0 spiro atoms. The molecule has 2 aliphatic heterocycles. The largest absolute Gasteiger partial charge is 0.369 e. The predicted octanol–water partition coefficient (Wildman–Crippen LogP) is 2.44. The van der Waals surface area contributed by atoms with Gasteiger partial charge >= 0.3 is 0 Å². The Hall–Kier alpha value is -0.470. The van der Waals surface area contributed by atoms with Gasteiger partial charge in [-0.25, -0.2) is 9.97 Å². The van der Waals surface area contributed by atoms with Crippen LogP contribution in [0.25, 0.3) is 0 Å². The summed E-state index contributed by atoms with van der Waals surface area (Å²) >= 11 is 2.27. The van der Waals surface area contributed by atoms with Gasteiger partial charge in [-0.1, -0.05) is 6.92 Å². The second kappa shape index (κ2) is 6.53. The van der Waals surface area contributed by atoms with E-state index in [1.165, 1.54) is 19.4 Å². The normalized spacial score (nSPS) is 26.5. The van der Waals surface area contributed by atoms with Gasteiger partial charge in [-0.2, -0.15) is 0 Å². The Kier molecular flexibility index (Phi) is 4.72. The van der Waals surface area contributed by atoms with E-state index in [-0.39, 0.29) is 6.10 Å². The van der Waals surface area contributed by atoms with Crippen molar-refractivity contribution in [3.8, 4) is 0 Å². The van der Waals surface area contributed by atoms with Crippen LogP contribution in [0.4, 0.5) is 5.82 Å². The molecule has 1 N–H and O–H groups in total. The first kappa shape index (κ1) is 14.5. The van der Waals surface area contributed by atoms with Crippen LogP contribution in [-0.2, 0) is 4.74 Å². The van der Waals surface area contributed by atoms with Crippen LogP contribution in [0.15, 0.2) is 6.20 Å². The van der Waals surface area contributed by atoms with Crippen LogP contribution >= 0.6 is 22.6 Å². The minimum absolute atomic E-state index is 0.0172. The van der Waals surface area contributed by atoms with Gasteiger partial charge in [0.25, 0.3) is 0 Å². The zero-order chi connectivity index (χ0) is 13.9. The van der Waals surface area contributed by atoms with Crippen molar-refractivity contribution in [2.75, 3.05) is 31.6 Å². The fourth-order valence-electron chi connectivity index (χ4n) is 2.88. The molecule has 0 radical (unpaired) electrons. The molecular formula is C14H21IN4O. The van der Waals surface area contributed by atoms with E-state index < -0.39 is 0 Å². The fourth-order valence-corrected chi connectivity index (χ4v) is 3.33. The minimum Gasteiger partial charge on any atom is -0.369 e. The molecule has 0 saturated carbocycles. The lowest BCUT2D eigenvalue weighted by molar-refractivity contribution is -0.0540. The lowest BCUT2D eigenvalue weighted by atomic mass is 10.2. The second-order valence-corrected chi connectivity index (χ2v) is 6.63. The molecule has 5 nitrogen and oxygen atoms in total. The predicted molar refractivity (Wildman–Crippen MR) is 86.8 cm³/mol. The molecule has 0 amide bonds. The molecule has 0 aliphatic carbocycles. The minimum atomic E-state index is 0.0172. The third-order valence-corrected chi connectivity index (χ3v) is 4.77. The maximum absolute atomic E-state index is 5.98. The van der Waals surface area contributed by atoms with Crippen molar-refractivity contribution >= 4 is 28.4 Å². The fraction of sp³-hybridized carbons (Fsp3) is 0.714. The number of hydrogen-bond donors (Lipinski definition) is 1. The number of anilines is 1. The highest BCUT2D eigenvalue weighted by Gasteiger charge is 2.34. The van der Waals surface area contributed by atoms with Crippen molar-refractivity contribution in [1.29, 1.82) is 0 Å². The van der Waals surface area contributed by atoms with Crippen molar-refractivity contribution in [2.24, 2.45) is 0 Å². The molecule has 0 aromatic carbocycles. The van der Waals surface area contributed by atoms with Crippen molar-refractivity contribution in [3.63, 3.8) is 0 Å². The van der Waals surface area contributed by atoms with E-state index in [1.807, 2.05) is 6.20 Å². The average molecular weight is 388 g/mol. The van der Waals surface area contributed by atoms with Gasteiger partial charge in [0.2, 0.25) is 0 Å². The molecule has 2 fully saturated rings. The Morgan fingerprint density at radius 1 is 1.55 bits per heavy atom. The van der Waals surface area contributed by atoms with Gasteiger partial charge < -0.3 is 10.1 Å². The zero-order valence-corrected chi connectivity index (χ0v) is 14.0. The maximum atomic E-state index is 5.98. The summed E-state index contributed by atoms with van der Waals surface area (Å²) in [6.07, 6.45) is 5.55. The van der Waals surface area contributed by atoms with Crippen LogP contribution in [0.3, 0.4) is 0 Å². The molecule has 0 bridgehead atoms. The van der Waals surface area contributed by atoms with Gasteiger partial charge in [0, 0.05) is 25.3 Å². The van der Waals surface area contributed by atoms with Gasteiger partial charge in [0.1, 0.15) is 11.9 Å². The topological polar surface area (TPSA) is 50.3 Å². The van der Waals surface area contributed by atoms with Gasteiger partial charge in [-0.05, 0) is 48.4 Å². The van der Waals surface area contributed by atoms with Crippen LogP contribution in [-0.4, -0.2) is 47.2 Å². The molecule has 110 valence electrons. The molecule has 2 aliphatic rings. The molecule has 1 aromatic rings. The van der Waals surface area contributed by atoms with E-state index in [1.54, 1.807) is 0 Å². The van der Waals surface area contributed by atoms with Crippen molar-refractivity contribution in [2.45, 2.75) is 38.3 Å². The number of nitrogens with zero attached hydrogens (tertiary/aromatic N) is 3. The molecule has 20 heavy (non-hydrogen) atoms. The Labute approximate surface area is 133 Å². The molecule has 3 rings (SSSR count). The Balaban J connectivity index is 1.73. The van der Waals surface area contributed by atoms with E-state index in [0.717, 1.165) is 41.3 Å². The number of hydrogen-bond acceptors (Lipinski definition) is 5. The van der Waals surface area contributed by atoms with Crippen LogP contribution in [0.1, 0.15) is 38.1 Å². The van der Waals surface area contributed by atoms with Gasteiger partial charge in [0.05, 0.1) is 10.2 Å². The van der Waals surface area contributed by atoms with E-state index in [9.17, 15) is 0 Å². The first-order chi connectivity index (χ1) is 9.78. The summed E-state index contributed by atoms with van der Waals surface area (Å²) in [5.41, 5.74) is 0. The molecule has 2 atom stereocenters.